The molecule has 2 aromatic heterocycles. The Morgan fingerprint density at radius 3 is 2.81 bits per heavy atom. The lowest BCUT2D eigenvalue weighted by atomic mass is 10.3. The van der Waals surface area contributed by atoms with E-state index < -0.39 is 10.0 Å². The Morgan fingerprint density at radius 1 is 1.33 bits per heavy atom. The largest absolute Gasteiger partial charge is 0.447 e. The van der Waals surface area contributed by atoms with Crippen molar-refractivity contribution in [1.29, 1.82) is 0 Å². The fraction of sp³-hybridized carbons (Fsp3) is 0.429. The van der Waals surface area contributed by atoms with Crippen LogP contribution in [0, 0.1) is 0 Å². The molecule has 7 heteroatoms. The van der Waals surface area contributed by atoms with E-state index in [1.807, 2.05) is 16.8 Å². The fourth-order valence-corrected chi connectivity index (χ4v) is 3.60. The van der Waals surface area contributed by atoms with E-state index in [0.29, 0.717) is 18.8 Å². The molecule has 1 N–H and O–H groups in total. The number of hydrogen-bond acceptors (Lipinski definition) is 5. The molecule has 0 fully saturated rings. The van der Waals surface area contributed by atoms with Crippen LogP contribution in [0.25, 0.3) is 0 Å². The van der Waals surface area contributed by atoms with Gasteiger partial charge in [0, 0.05) is 13.6 Å². The van der Waals surface area contributed by atoms with Crippen molar-refractivity contribution >= 4 is 21.4 Å². The number of thiophene rings is 1. The zero-order valence-corrected chi connectivity index (χ0v) is 13.8. The summed E-state index contributed by atoms with van der Waals surface area (Å²) in [5, 5.41) is 7.04. The lowest BCUT2D eigenvalue weighted by Gasteiger charge is -2.14. The minimum Gasteiger partial charge on any atom is -0.447 e. The Kier molecular flexibility index (Phi) is 5.58. The van der Waals surface area contributed by atoms with E-state index in [0.717, 1.165) is 18.5 Å². The molecule has 2 rings (SSSR count). The minimum absolute atomic E-state index is 0.00599. The number of nitrogens with one attached hydrogen (secondary N) is 1. The van der Waals surface area contributed by atoms with Crippen molar-refractivity contribution in [2.24, 2.45) is 0 Å². The standard InChI is InChI=1S/C14H20N2O3S2/c1-3-7-15-9-13-4-5-14(19-13)21(17,18)16(2)10-12-6-8-20-11-12/h4-6,8,11,15H,3,7,9-10H2,1-2H3. The first kappa shape index (κ1) is 16.2. The maximum atomic E-state index is 12.4. The Morgan fingerprint density at radius 2 is 2.14 bits per heavy atom. The molecule has 0 aliphatic carbocycles. The van der Waals surface area contributed by atoms with Crippen LogP contribution in [0.1, 0.15) is 24.7 Å². The molecule has 0 amide bonds. The Hall–Kier alpha value is -1.15. The van der Waals surface area contributed by atoms with Crippen LogP contribution >= 0.6 is 11.3 Å². The topological polar surface area (TPSA) is 62.6 Å². The maximum absolute atomic E-state index is 12.4. The molecule has 0 saturated heterocycles. The van der Waals surface area contributed by atoms with E-state index in [-0.39, 0.29) is 5.09 Å². The first-order valence-corrected chi connectivity index (χ1v) is 9.19. The van der Waals surface area contributed by atoms with Gasteiger partial charge in [-0.1, -0.05) is 6.92 Å². The van der Waals surface area contributed by atoms with Crippen molar-refractivity contribution in [3.63, 3.8) is 0 Å². The zero-order valence-electron chi connectivity index (χ0n) is 12.2. The molecule has 0 aliphatic rings. The van der Waals surface area contributed by atoms with E-state index in [9.17, 15) is 8.42 Å². The summed E-state index contributed by atoms with van der Waals surface area (Å²) in [5.41, 5.74) is 0.975. The number of hydrogen-bond donors (Lipinski definition) is 1. The summed E-state index contributed by atoms with van der Waals surface area (Å²) in [7, 11) is -2.02. The van der Waals surface area contributed by atoms with Crippen molar-refractivity contribution in [2.75, 3.05) is 13.6 Å². The first-order valence-electron chi connectivity index (χ1n) is 6.81. The second-order valence-corrected chi connectivity index (χ2v) is 7.55. The molecule has 0 unspecified atom stereocenters. The molecule has 2 heterocycles. The van der Waals surface area contributed by atoms with Gasteiger partial charge in [0.25, 0.3) is 10.0 Å². The molecule has 0 saturated carbocycles. The molecule has 2 aromatic rings. The average molecular weight is 328 g/mol. The highest BCUT2D eigenvalue weighted by Crippen LogP contribution is 2.20. The van der Waals surface area contributed by atoms with Crippen molar-refractivity contribution < 1.29 is 12.8 Å². The first-order chi connectivity index (χ1) is 10.0. The summed E-state index contributed by atoms with van der Waals surface area (Å²) < 4.78 is 31.6. The van der Waals surface area contributed by atoms with Gasteiger partial charge in [0.05, 0.1) is 6.54 Å². The number of nitrogens with zero attached hydrogens (tertiary/aromatic N) is 1. The summed E-state index contributed by atoms with van der Waals surface area (Å²) in [6.07, 6.45) is 1.02. The smallest absolute Gasteiger partial charge is 0.276 e. The van der Waals surface area contributed by atoms with Crippen LogP contribution in [0.2, 0.25) is 0 Å². The van der Waals surface area contributed by atoms with Gasteiger partial charge in [0.1, 0.15) is 5.76 Å². The monoisotopic (exact) mass is 328 g/mol. The minimum atomic E-state index is -3.58. The second-order valence-electron chi connectivity index (χ2n) is 4.79. The third-order valence-electron chi connectivity index (χ3n) is 3.01. The van der Waals surface area contributed by atoms with E-state index in [1.165, 1.54) is 10.4 Å². The Balaban J connectivity index is 2.04. The molecular weight excluding hydrogens is 308 g/mol. The number of furan rings is 1. The lowest BCUT2D eigenvalue weighted by molar-refractivity contribution is 0.379. The highest BCUT2D eigenvalue weighted by Gasteiger charge is 2.24. The quantitative estimate of drug-likeness (QED) is 0.757. The van der Waals surface area contributed by atoms with Gasteiger partial charge in [-0.2, -0.15) is 15.6 Å². The zero-order chi connectivity index (χ0) is 15.3. The summed E-state index contributed by atoms with van der Waals surface area (Å²) in [6, 6.07) is 5.13. The van der Waals surface area contributed by atoms with Crippen LogP contribution in [0.5, 0.6) is 0 Å². The van der Waals surface area contributed by atoms with Crippen molar-refractivity contribution in [1.82, 2.24) is 9.62 Å². The van der Waals surface area contributed by atoms with Crippen LogP contribution in [-0.4, -0.2) is 26.3 Å². The summed E-state index contributed by atoms with van der Waals surface area (Å²) in [4.78, 5) is 0. The van der Waals surface area contributed by atoms with E-state index in [1.54, 1.807) is 24.5 Å². The van der Waals surface area contributed by atoms with E-state index in [2.05, 4.69) is 12.2 Å². The lowest BCUT2D eigenvalue weighted by Crippen LogP contribution is -2.26. The van der Waals surface area contributed by atoms with Crippen molar-refractivity contribution in [2.45, 2.75) is 31.5 Å². The molecule has 0 spiro atoms. The molecule has 0 aromatic carbocycles. The van der Waals surface area contributed by atoms with Crippen LogP contribution in [0.15, 0.2) is 38.5 Å². The summed E-state index contributed by atoms with van der Waals surface area (Å²) >= 11 is 1.55. The molecule has 0 atom stereocenters. The third kappa shape index (κ3) is 4.16. The Labute approximate surface area is 129 Å². The van der Waals surface area contributed by atoms with Crippen molar-refractivity contribution in [3.8, 4) is 0 Å². The third-order valence-corrected chi connectivity index (χ3v) is 5.42. The predicted octanol–water partition coefficient (Wildman–Crippen LogP) is 2.66. The maximum Gasteiger partial charge on any atom is 0.276 e. The molecule has 5 nitrogen and oxygen atoms in total. The van der Waals surface area contributed by atoms with Gasteiger partial charge in [-0.15, -0.1) is 0 Å². The van der Waals surface area contributed by atoms with Crippen LogP contribution in [0.4, 0.5) is 0 Å². The molecule has 0 radical (unpaired) electrons. The molecular formula is C14H20N2O3S2. The summed E-state index contributed by atoms with van der Waals surface area (Å²) in [5.74, 6) is 0.631. The van der Waals surface area contributed by atoms with Crippen LogP contribution in [-0.2, 0) is 23.1 Å². The van der Waals surface area contributed by atoms with Gasteiger partial charge in [-0.3, -0.25) is 0 Å². The van der Waals surface area contributed by atoms with E-state index in [4.69, 9.17) is 4.42 Å². The van der Waals surface area contributed by atoms with Crippen LogP contribution in [0.3, 0.4) is 0 Å². The normalized spacial score (nSPS) is 12.1. The fourth-order valence-electron chi connectivity index (χ4n) is 1.86. The van der Waals surface area contributed by atoms with Gasteiger partial charge in [0.15, 0.2) is 0 Å². The average Bonchev–Trinajstić information content (AvgIpc) is 3.10. The number of rotatable bonds is 8. The summed E-state index contributed by atoms with van der Waals surface area (Å²) in [6.45, 7) is 3.83. The van der Waals surface area contributed by atoms with Gasteiger partial charge >= 0.3 is 0 Å². The Bertz CT molecular complexity index is 648. The second kappa shape index (κ2) is 7.22. The number of sulfonamides is 1. The van der Waals surface area contributed by atoms with Gasteiger partial charge in [0.2, 0.25) is 5.09 Å². The van der Waals surface area contributed by atoms with E-state index >= 15 is 0 Å². The molecule has 21 heavy (non-hydrogen) atoms. The van der Waals surface area contributed by atoms with Gasteiger partial charge < -0.3 is 9.73 Å². The van der Waals surface area contributed by atoms with Crippen molar-refractivity contribution in [3.05, 3.63) is 40.3 Å². The van der Waals surface area contributed by atoms with Gasteiger partial charge in [-0.25, -0.2) is 8.42 Å². The molecule has 116 valence electrons. The highest BCUT2D eigenvalue weighted by molar-refractivity contribution is 7.88. The highest BCUT2D eigenvalue weighted by atomic mass is 32.2. The SMILES string of the molecule is CCCNCc1ccc(S(=O)(=O)N(C)Cc2ccsc2)o1. The van der Waals surface area contributed by atoms with Gasteiger partial charge in [-0.05, 0) is 47.5 Å². The molecule has 0 aliphatic heterocycles. The predicted molar refractivity (Wildman–Crippen MR) is 83.7 cm³/mol. The van der Waals surface area contributed by atoms with Crippen LogP contribution < -0.4 is 5.32 Å². The molecule has 0 bridgehead atoms.